The van der Waals surface area contributed by atoms with Gasteiger partial charge in [0.2, 0.25) is 0 Å². The summed E-state index contributed by atoms with van der Waals surface area (Å²) in [6.07, 6.45) is 1.18. The molecule has 0 radical (unpaired) electrons. The summed E-state index contributed by atoms with van der Waals surface area (Å²) in [6.45, 7) is 1.93. The molecule has 27 heavy (non-hydrogen) atoms. The standard InChI is InChI=1S/C20H23NO5S/c1-14(26-20(23)17-6-4-5-7-18(17)27(3)24)19(22)21-13-12-15-8-10-16(25-2)11-9-15/h4-11,14H,12-13H2,1-3H3,(H,21,22)/t14-,27-/m1/s1. The molecule has 0 saturated heterocycles. The maximum absolute atomic E-state index is 12.3. The zero-order chi connectivity index (χ0) is 19.8. The largest absolute Gasteiger partial charge is 0.497 e. The zero-order valence-corrected chi connectivity index (χ0v) is 16.4. The van der Waals surface area contributed by atoms with Gasteiger partial charge in [0.15, 0.2) is 6.10 Å². The third-order valence-electron chi connectivity index (χ3n) is 3.94. The van der Waals surface area contributed by atoms with Crippen LogP contribution in [-0.4, -0.2) is 42.1 Å². The van der Waals surface area contributed by atoms with Crippen molar-refractivity contribution in [2.24, 2.45) is 0 Å². The Hall–Kier alpha value is -2.67. The Morgan fingerprint density at radius 2 is 1.78 bits per heavy atom. The van der Waals surface area contributed by atoms with E-state index in [1.807, 2.05) is 24.3 Å². The van der Waals surface area contributed by atoms with Crippen molar-refractivity contribution in [1.82, 2.24) is 5.32 Å². The van der Waals surface area contributed by atoms with Crippen LogP contribution in [0.4, 0.5) is 0 Å². The Labute approximate surface area is 161 Å². The average Bonchev–Trinajstić information content (AvgIpc) is 2.68. The van der Waals surface area contributed by atoms with Crippen molar-refractivity contribution in [3.8, 4) is 5.75 Å². The number of carbonyl (C=O) groups is 2. The maximum Gasteiger partial charge on any atom is 0.340 e. The Kier molecular flexibility index (Phi) is 7.55. The summed E-state index contributed by atoms with van der Waals surface area (Å²) in [5, 5.41) is 2.75. The summed E-state index contributed by atoms with van der Waals surface area (Å²) in [4.78, 5) is 24.8. The highest BCUT2D eigenvalue weighted by Gasteiger charge is 2.21. The van der Waals surface area contributed by atoms with Crippen LogP contribution in [0.5, 0.6) is 5.75 Å². The summed E-state index contributed by atoms with van der Waals surface area (Å²) < 4.78 is 22.0. The number of carbonyl (C=O) groups excluding carboxylic acids is 2. The fourth-order valence-corrected chi connectivity index (χ4v) is 3.16. The smallest absolute Gasteiger partial charge is 0.340 e. The molecule has 1 N–H and O–H groups in total. The van der Waals surface area contributed by atoms with E-state index in [-0.39, 0.29) is 11.5 Å². The molecule has 0 aliphatic heterocycles. The summed E-state index contributed by atoms with van der Waals surface area (Å²) in [5.74, 6) is -0.276. The molecule has 2 rings (SSSR count). The molecule has 0 saturated carbocycles. The maximum atomic E-state index is 12.3. The lowest BCUT2D eigenvalue weighted by molar-refractivity contribution is -0.129. The van der Waals surface area contributed by atoms with Gasteiger partial charge in [-0.3, -0.25) is 9.00 Å². The molecule has 0 aromatic heterocycles. The second-order valence-corrected chi connectivity index (χ2v) is 7.23. The molecule has 2 atom stereocenters. The van der Waals surface area contributed by atoms with Gasteiger partial charge in [-0.15, -0.1) is 0 Å². The Bertz CT molecular complexity index is 819. The minimum Gasteiger partial charge on any atom is -0.497 e. The van der Waals surface area contributed by atoms with Gasteiger partial charge >= 0.3 is 5.97 Å². The van der Waals surface area contributed by atoms with Crippen molar-refractivity contribution in [3.05, 3.63) is 59.7 Å². The lowest BCUT2D eigenvalue weighted by Crippen LogP contribution is -2.37. The lowest BCUT2D eigenvalue weighted by atomic mass is 10.1. The topological polar surface area (TPSA) is 81.7 Å². The SMILES string of the molecule is COc1ccc(CCNC(=O)[C@@H](C)OC(=O)c2ccccc2[S@@](C)=O)cc1. The number of nitrogens with one attached hydrogen (secondary N) is 1. The highest BCUT2D eigenvalue weighted by atomic mass is 32.2. The number of hydrogen-bond donors (Lipinski definition) is 1. The monoisotopic (exact) mass is 389 g/mol. The van der Waals surface area contributed by atoms with E-state index in [0.29, 0.717) is 17.9 Å². The quantitative estimate of drug-likeness (QED) is 0.701. The first kappa shape index (κ1) is 20.6. The predicted molar refractivity (Wildman–Crippen MR) is 103 cm³/mol. The number of amides is 1. The van der Waals surface area contributed by atoms with Crippen molar-refractivity contribution in [1.29, 1.82) is 0 Å². The van der Waals surface area contributed by atoms with E-state index in [2.05, 4.69) is 5.32 Å². The van der Waals surface area contributed by atoms with Crippen LogP contribution in [-0.2, 0) is 26.8 Å². The van der Waals surface area contributed by atoms with E-state index in [4.69, 9.17) is 9.47 Å². The van der Waals surface area contributed by atoms with E-state index < -0.39 is 22.9 Å². The van der Waals surface area contributed by atoms with Gasteiger partial charge in [-0.1, -0.05) is 24.3 Å². The average molecular weight is 389 g/mol. The molecule has 0 fully saturated rings. The molecule has 1 amide bonds. The molecule has 0 aliphatic carbocycles. The van der Waals surface area contributed by atoms with Crippen LogP contribution in [0.15, 0.2) is 53.4 Å². The van der Waals surface area contributed by atoms with Crippen LogP contribution >= 0.6 is 0 Å². The Morgan fingerprint density at radius 3 is 2.41 bits per heavy atom. The summed E-state index contributed by atoms with van der Waals surface area (Å²) >= 11 is 0. The van der Waals surface area contributed by atoms with Gasteiger partial charge in [0.05, 0.1) is 28.4 Å². The molecule has 7 heteroatoms. The van der Waals surface area contributed by atoms with E-state index >= 15 is 0 Å². The number of esters is 1. The molecule has 0 bridgehead atoms. The van der Waals surface area contributed by atoms with Crippen molar-refractivity contribution in [3.63, 3.8) is 0 Å². The molecule has 0 spiro atoms. The predicted octanol–water partition coefficient (Wildman–Crippen LogP) is 2.34. The molecule has 144 valence electrons. The van der Waals surface area contributed by atoms with Crippen LogP contribution < -0.4 is 10.1 Å². The van der Waals surface area contributed by atoms with Crippen molar-refractivity contribution < 1.29 is 23.3 Å². The number of rotatable bonds is 8. The molecule has 6 nitrogen and oxygen atoms in total. The van der Waals surface area contributed by atoms with Gasteiger partial charge < -0.3 is 14.8 Å². The van der Waals surface area contributed by atoms with Crippen LogP contribution in [0.1, 0.15) is 22.8 Å². The van der Waals surface area contributed by atoms with E-state index in [0.717, 1.165) is 11.3 Å². The van der Waals surface area contributed by atoms with Gasteiger partial charge in [-0.25, -0.2) is 4.79 Å². The highest BCUT2D eigenvalue weighted by molar-refractivity contribution is 7.84. The van der Waals surface area contributed by atoms with Gasteiger partial charge in [0.25, 0.3) is 5.91 Å². The number of hydrogen-bond acceptors (Lipinski definition) is 5. The van der Waals surface area contributed by atoms with Crippen molar-refractivity contribution in [2.45, 2.75) is 24.3 Å². The minimum atomic E-state index is -1.33. The van der Waals surface area contributed by atoms with Crippen LogP contribution in [0.3, 0.4) is 0 Å². The third kappa shape index (κ3) is 5.92. The lowest BCUT2D eigenvalue weighted by Gasteiger charge is -2.14. The Morgan fingerprint density at radius 1 is 1.11 bits per heavy atom. The summed E-state index contributed by atoms with van der Waals surface area (Å²) in [7, 11) is 0.280. The number of methoxy groups -OCH3 is 1. The highest BCUT2D eigenvalue weighted by Crippen LogP contribution is 2.15. The van der Waals surface area contributed by atoms with Gasteiger partial charge in [0.1, 0.15) is 5.75 Å². The Balaban J connectivity index is 1.86. The minimum absolute atomic E-state index is 0.205. The van der Waals surface area contributed by atoms with Gasteiger partial charge in [-0.05, 0) is 43.2 Å². The van der Waals surface area contributed by atoms with E-state index in [1.165, 1.54) is 19.2 Å². The third-order valence-corrected chi connectivity index (χ3v) is 4.92. The van der Waals surface area contributed by atoms with Crippen molar-refractivity contribution >= 4 is 22.7 Å². The zero-order valence-electron chi connectivity index (χ0n) is 15.6. The van der Waals surface area contributed by atoms with E-state index in [9.17, 15) is 13.8 Å². The first-order chi connectivity index (χ1) is 12.9. The van der Waals surface area contributed by atoms with Crippen LogP contribution in [0.2, 0.25) is 0 Å². The molecule has 0 unspecified atom stereocenters. The fourth-order valence-electron chi connectivity index (χ4n) is 2.43. The fraction of sp³-hybridized carbons (Fsp3) is 0.300. The molecular weight excluding hydrogens is 366 g/mol. The molecule has 0 heterocycles. The normalized spacial score (nSPS) is 12.7. The van der Waals surface area contributed by atoms with E-state index in [1.54, 1.807) is 25.3 Å². The molecule has 2 aromatic rings. The number of benzene rings is 2. The molecule has 0 aliphatic rings. The molecular formula is C20H23NO5S. The first-order valence-electron chi connectivity index (χ1n) is 8.46. The van der Waals surface area contributed by atoms with Crippen LogP contribution in [0.25, 0.3) is 0 Å². The number of ether oxygens (including phenoxy) is 2. The van der Waals surface area contributed by atoms with Gasteiger partial charge in [0, 0.05) is 12.8 Å². The van der Waals surface area contributed by atoms with Gasteiger partial charge in [-0.2, -0.15) is 0 Å². The molecule has 2 aromatic carbocycles. The second kappa shape index (κ2) is 9.87. The first-order valence-corrected chi connectivity index (χ1v) is 10.0. The summed E-state index contributed by atoms with van der Waals surface area (Å²) in [5.41, 5.74) is 1.26. The summed E-state index contributed by atoms with van der Waals surface area (Å²) in [6, 6.07) is 14.1. The second-order valence-electron chi connectivity index (χ2n) is 5.89. The van der Waals surface area contributed by atoms with Crippen molar-refractivity contribution in [2.75, 3.05) is 19.9 Å². The van der Waals surface area contributed by atoms with Crippen LogP contribution in [0, 0.1) is 0 Å².